The largest absolute Gasteiger partial charge is 0.299 e. The Bertz CT molecular complexity index is 925. The highest BCUT2D eigenvalue weighted by atomic mass is 32.2. The first kappa shape index (κ1) is 20.7. The number of Topliss-reactive ketones (excluding diaryl/α,β-unsaturated/α-hetero) is 1. The topological polar surface area (TPSA) is 17.1 Å². The number of hydrogen-bond acceptors (Lipinski definition) is 3. The molecule has 164 valence electrons. The fraction of sp³-hybridized carbons (Fsp3) is 0.607. The molecule has 5 aliphatic rings. The van der Waals surface area contributed by atoms with Gasteiger partial charge in [-0.25, -0.2) is 0 Å². The Morgan fingerprint density at radius 3 is 2.55 bits per heavy atom. The van der Waals surface area contributed by atoms with Crippen LogP contribution in [0.2, 0.25) is 0 Å². The van der Waals surface area contributed by atoms with Gasteiger partial charge in [0.15, 0.2) is 0 Å². The van der Waals surface area contributed by atoms with Crippen LogP contribution in [-0.2, 0) is 4.79 Å². The van der Waals surface area contributed by atoms with Crippen molar-refractivity contribution < 1.29 is 4.79 Å². The van der Waals surface area contributed by atoms with Crippen LogP contribution >= 0.6 is 23.5 Å². The number of carbonyl (C=O) groups excluding carboxylic acids is 1. The molecular formula is C28H34OS2. The number of rotatable bonds is 2. The van der Waals surface area contributed by atoms with E-state index in [0.717, 1.165) is 31.1 Å². The number of thioether (sulfide) groups is 2. The minimum absolute atomic E-state index is 0.1000. The van der Waals surface area contributed by atoms with Gasteiger partial charge in [-0.2, -0.15) is 0 Å². The summed E-state index contributed by atoms with van der Waals surface area (Å²) in [5.74, 6) is 6.46. The van der Waals surface area contributed by atoms with Gasteiger partial charge < -0.3 is 0 Å². The van der Waals surface area contributed by atoms with Gasteiger partial charge >= 0.3 is 0 Å². The first-order chi connectivity index (χ1) is 15.0. The summed E-state index contributed by atoms with van der Waals surface area (Å²) in [7, 11) is 0. The average Bonchev–Trinajstić information content (AvgIpc) is 3.37. The van der Waals surface area contributed by atoms with Crippen molar-refractivity contribution in [1.29, 1.82) is 0 Å². The lowest BCUT2D eigenvalue weighted by Crippen LogP contribution is -2.50. The molecule has 1 aromatic rings. The first-order valence-corrected chi connectivity index (χ1v) is 14.3. The van der Waals surface area contributed by atoms with Crippen molar-refractivity contribution in [2.45, 2.75) is 61.9 Å². The van der Waals surface area contributed by atoms with Crippen LogP contribution in [0.1, 0.15) is 68.9 Å². The molecule has 4 aliphatic carbocycles. The Morgan fingerprint density at radius 1 is 1.03 bits per heavy atom. The van der Waals surface area contributed by atoms with E-state index in [9.17, 15) is 4.79 Å². The number of benzene rings is 1. The molecule has 3 saturated carbocycles. The highest BCUT2D eigenvalue weighted by Gasteiger charge is 2.60. The highest BCUT2D eigenvalue weighted by molar-refractivity contribution is 8.21. The van der Waals surface area contributed by atoms with E-state index in [-0.39, 0.29) is 5.41 Å². The zero-order valence-corrected chi connectivity index (χ0v) is 20.3. The van der Waals surface area contributed by atoms with Crippen molar-refractivity contribution in [2.75, 3.05) is 11.5 Å². The Labute approximate surface area is 195 Å². The molecule has 1 heterocycles. The molecule has 31 heavy (non-hydrogen) atoms. The van der Waals surface area contributed by atoms with Crippen molar-refractivity contribution in [2.24, 2.45) is 29.1 Å². The van der Waals surface area contributed by atoms with Gasteiger partial charge in [-0.3, -0.25) is 4.79 Å². The van der Waals surface area contributed by atoms with E-state index in [1.165, 1.54) is 48.3 Å². The summed E-state index contributed by atoms with van der Waals surface area (Å²) in [4.78, 5) is 13.1. The minimum Gasteiger partial charge on any atom is -0.299 e. The van der Waals surface area contributed by atoms with Gasteiger partial charge in [0.25, 0.3) is 0 Å². The lowest BCUT2D eigenvalue weighted by molar-refractivity contribution is -0.132. The van der Waals surface area contributed by atoms with Crippen LogP contribution in [-0.4, -0.2) is 21.4 Å². The summed E-state index contributed by atoms with van der Waals surface area (Å²) < 4.78 is 0.381. The molecule has 1 spiro atoms. The normalized spacial score (nSPS) is 40.7. The Hall–Kier alpha value is -0.930. The van der Waals surface area contributed by atoms with Crippen molar-refractivity contribution in [1.82, 2.24) is 0 Å². The van der Waals surface area contributed by atoms with Crippen LogP contribution in [0.5, 0.6) is 0 Å². The van der Waals surface area contributed by atoms with Gasteiger partial charge in [0.2, 0.25) is 0 Å². The van der Waals surface area contributed by atoms with Crippen LogP contribution in [0, 0.1) is 29.1 Å². The second-order valence-electron chi connectivity index (χ2n) is 10.8. The van der Waals surface area contributed by atoms with Crippen molar-refractivity contribution in [3.8, 4) is 0 Å². The molecule has 0 amide bonds. The second-order valence-corrected chi connectivity index (χ2v) is 13.9. The van der Waals surface area contributed by atoms with Crippen LogP contribution < -0.4 is 0 Å². The lowest BCUT2D eigenvalue weighted by Gasteiger charge is -2.56. The molecule has 1 aliphatic heterocycles. The van der Waals surface area contributed by atoms with Gasteiger partial charge in [-0.15, -0.1) is 23.5 Å². The van der Waals surface area contributed by atoms with Gasteiger partial charge in [-0.05, 0) is 79.2 Å². The molecule has 4 fully saturated rings. The summed E-state index contributed by atoms with van der Waals surface area (Å²) in [5.41, 5.74) is 4.33. The fourth-order valence-electron chi connectivity index (χ4n) is 8.13. The van der Waals surface area contributed by atoms with E-state index in [1.54, 1.807) is 5.57 Å². The predicted octanol–water partition coefficient (Wildman–Crippen LogP) is 7.34. The third kappa shape index (κ3) is 3.16. The molecule has 6 rings (SSSR count). The lowest BCUT2D eigenvalue weighted by atomic mass is 9.48. The van der Waals surface area contributed by atoms with E-state index in [0.29, 0.717) is 27.6 Å². The summed E-state index contributed by atoms with van der Waals surface area (Å²) in [5, 5.41) is 0. The summed E-state index contributed by atoms with van der Waals surface area (Å²) in [6.45, 7) is 6.26. The molecule has 0 N–H and O–H groups in total. The number of hydrogen-bond donors (Lipinski definition) is 0. The van der Waals surface area contributed by atoms with E-state index in [4.69, 9.17) is 0 Å². The van der Waals surface area contributed by atoms with Crippen LogP contribution in [0.25, 0.3) is 6.08 Å². The molecule has 0 radical (unpaired) electrons. The second kappa shape index (κ2) is 7.55. The third-order valence-corrected chi connectivity index (χ3v) is 13.0. The standard InChI is InChI=1S/C28H34OS2/c1-3-18-4-6-19(7-5-18)23-17-27(2)24(10-11-25(27)29)22-9-8-20-16-28(30-14-15-31-28)13-12-21(20)26(22)23/h3-7,16,21-24,26H,1,8-15,17H2,2H3/t21-,22-,23+,24-,26+,27-/m0/s1. The molecule has 1 saturated heterocycles. The van der Waals surface area contributed by atoms with Gasteiger partial charge in [0.05, 0.1) is 4.08 Å². The SMILES string of the molecule is C=Cc1ccc([C@H]2C[C@]3(C)C(=O)CC[C@H]3[C@@H]3CCC4=CC5(CC[C@@H]4[C@H]32)SCCS5)cc1. The Balaban J connectivity index is 1.41. The quantitative estimate of drug-likeness (QED) is 0.439. The number of fused-ring (bicyclic) bond motifs is 5. The van der Waals surface area contributed by atoms with E-state index >= 15 is 0 Å². The molecule has 1 nitrogen and oxygen atoms in total. The Morgan fingerprint density at radius 2 is 1.81 bits per heavy atom. The molecule has 1 aromatic carbocycles. The van der Waals surface area contributed by atoms with E-state index in [1.807, 2.05) is 6.08 Å². The van der Waals surface area contributed by atoms with Crippen molar-refractivity contribution >= 4 is 35.4 Å². The molecular weight excluding hydrogens is 416 g/mol. The van der Waals surface area contributed by atoms with Gasteiger partial charge in [-0.1, -0.05) is 55.5 Å². The first-order valence-electron chi connectivity index (χ1n) is 12.3. The molecule has 6 atom stereocenters. The summed E-state index contributed by atoms with van der Waals surface area (Å²) >= 11 is 4.40. The maximum Gasteiger partial charge on any atom is 0.139 e. The predicted molar refractivity (Wildman–Crippen MR) is 134 cm³/mol. The smallest absolute Gasteiger partial charge is 0.139 e. The molecule has 0 unspecified atom stereocenters. The third-order valence-electron chi connectivity index (χ3n) is 9.55. The Kier molecular flexibility index (Phi) is 5.03. The molecule has 0 aromatic heterocycles. The number of allylic oxidation sites excluding steroid dienone is 1. The van der Waals surface area contributed by atoms with Crippen molar-refractivity contribution in [3.63, 3.8) is 0 Å². The molecule has 0 bridgehead atoms. The maximum atomic E-state index is 13.1. The number of ketones is 1. The monoisotopic (exact) mass is 450 g/mol. The fourth-order valence-corrected chi connectivity index (χ4v) is 11.3. The maximum absolute atomic E-state index is 13.1. The molecule has 3 heteroatoms. The zero-order valence-electron chi connectivity index (χ0n) is 18.6. The van der Waals surface area contributed by atoms with Crippen LogP contribution in [0.3, 0.4) is 0 Å². The zero-order chi connectivity index (χ0) is 21.2. The highest BCUT2D eigenvalue weighted by Crippen LogP contribution is 2.66. The number of carbonyl (C=O) groups is 1. The van der Waals surface area contributed by atoms with Crippen LogP contribution in [0.4, 0.5) is 0 Å². The van der Waals surface area contributed by atoms with E-state index < -0.39 is 0 Å². The summed E-state index contributed by atoms with van der Waals surface area (Å²) in [6.07, 6.45) is 12.9. The van der Waals surface area contributed by atoms with E-state index in [2.05, 4.69) is 67.4 Å². The summed E-state index contributed by atoms with van der Waals surface area (Å²) in [6, 6.07) is 9.13. The minimum atomic E-state index is -0.1000. The average molecular weight is 451 g/mol. The van der Waals surface area contributed by atoms with Gasteiger partial charge in [0.1, 0.15) is 5.78 Å². The van der Waals surface area contributed by atoms with Crippen molar-refractivity contribution in [3.05, 3.63) is 53.6 Å². The van der Waals surface area contributed by atoms with Gasteiger partial charge in [0, 0.05) is 23.3 Å². The van der Waals surface area contributed by atoms with Crippen LogP contribution in [0.15, 0.2) is 42.5 Å².